The maximum atomic E-state index is 13.5. The quantitative estimate of drug-likeness (QED) is 0.911. The standard InChI is InChI=1S/C13H9ClFNO3S/c14-7-3-4-9(15)8(6-7)12(17)16-11(13(18)19)10-2-1-5-20-10/h1-6,11H,(H,16,17)(H,18,19). The predicted octanol–water partition coefficient (Wildman–Crippen LogP) is 3.10. The SMILES string of the molecule is O=C(NC(C(=O)O)c1cccs1)c1cc(Cl)ccc1F. The number of carboxylic acids is 1. The van der Waals surface area contributed by atoms with Gasteiger partial charge in [-0.15, -0.1) is 11.3 Å². The van der Waals surface area contributed by atoms with Crippen LogP contribution in [0.1, 0.15) is 21.3 Å². The molecule has 7 heteroatoms. The number of nitrogens with one attached hydrogen (secondary N) is 1. The highest BCUT2D eigenvalue weighted by molar-refractivity contribution is 7.10. The molecule has 2 aromatic rings. The van der Waals surface area contributed by atoms with Crippen LogP contribution in [0.5, 0.6) is 0 Å². The molecular formula is C13H9ClFNO3S. The second-order valence-electron chi connectivity index (χ2n) is 3.88. The first-order chi connectivity index (χ1) is 9.49. The molecule has 1 heterocycles. The van der Waals surface area contributed by atoms with E-state index in [2.05, 4.69) is 5.32 Å². The van der Waals surface area contributed by atoms with E-state index >= 15 is 0 Å². The second-order valence-corrected chi connectivity index (χ2v) is 5.30. The molecule has 0 bridgehead atoms. The summed E-state index contributed by atoms with van der Waals surface area (Å²) in [6, 6.07) is 5.54. The third kappa shape index (κ3) is 3.15. The summed E-state index contributed by atoms with van der Waals surface area (Å²) < 4.78 is 13.5. The number of hydrogen-bond donors (Lipinski definition) is 2. The molecule has 2 N–H and O–H groups in total. The van der Waals surface area contributed by atoms with Crippen LogP contribution in [0.2, 0.25) is 5.02 Å². The Morgan fingerprint density at radius 1 is 1.35 bits per heavy atom. The van der Waals surface area contributed by atoms with Gasteiger partial charge in [0, 0.05) is 9.90 Å². The minimum Gasteiger partial charge on any atom is -0.479 e. The van der Waals surface area contributed by atoms with Crippen molar-refractivity contribution in [1.29, 1.82) is 0 Å². The number of carbonyl (C=O) groups is 2. The van der Waals surface area contributed by atoms with Gasteiger partial charge in [-0.2, -0.15) is 0 Å². The lowest BCUT2D eigenvalue weighted by molar-refractivity contribution is -0.139. The summed E-state index contributed by atoms with van der Waals surface area (Å²) >= 11 is 6.89. The van der Waals surface area contributed by atoms with Crippen molar-refractivity contribution in [1.82, 2.24) is 5.32 Å². The molecule has 20 heavy (non-hydrogen) atoms. The van der Waals surface area contributed by atoms with E-state index in [1.165, 1.54) is 17.4 Å². The molecule has 0 saturated heterocycles. The van der Waals surface area contributed by atoms with E-state index in [0.29, 0.717) is 4.88 Å². The van der Waals surface area contributed by atoms with Crippen LogP contribution in [-0.2, 0) is 4.79 Å². The molecule has 0 spiro atoms. The molecule has 1 aromatic carbocycles. The number of rotatable bonds is 4. The van der Waals surface area contributed by atoms with Gasteiger partial charge in [-0.1, -0.05) is 17.7 Å². The summed E-state index contributed by atoms with van der Waals surface area (Å²) in [4.78, 5) is 23.6. The molecular weight excluding hydrogens is 305 g/mol. The van der Waals surface area contributed by atoms with E-state index in [0.717, 1.165) is 12.1 Å². The van der Waals surface area contributed by atoms with Crippen molar-refractivity contribution in [2.75, 3.05) is 0 Å². The maximum absolute atomic E-state index is 13.5. The first-order valence-corrected chi connectivity index (χ1v) is 6.77. The lowest BCUT2D eigenvalue weighted by Crippen LogP contribution is -2.33. The van der Waals surface area contributed by atoms with E-state index in [9.17, 15) is 14.0 Å². The van der Waals surface area contributed by atoms with Crippen LogP contribution in [-0.4, -0.2) is 17.0 Å². The fraction of sp³-hybridized carbons (Fsp3) is 0.0769. The summed E-state index contributed by atoms with van der Waals surface area (Å²) in [6.07, 6.45) is 0. The third-order valence-corrected chi connectivity index (χ3v) is 3.70. The summed E-state index contributed by atoms with van der Waals surface area (Å²) in [5, 5.41) is 13.3. The Kier molecular flexibility index (Phi) is 4.36. The van der Waals surface area contributed by atoms with Crippen LogP contribution in [0.15, 0.2) is 35.7 Å². The van der Waals surface area contributed by atoms with Gasteiger partial charge in [0.25, 0.3) is 5.91 Å². The van der Waals surface area contributed by atoms with Crippen molar-refractivity contribution in [3.8, 4) is 0 Å². The second kappa shape index (κ2) is 6.02. The molecule has 1 aromatic heterocycles. The third-order valence-electron chi connectivity index (χ3n) is 2.52. The van der Waals surface area contributed by atoms with Gasteiger partial charge in [-0.25, -0.2) is 9.18 Å². The molecule has 0 aliphatic heterocycles. The number of hydrogen-bond acceptors (Lipinski definition) is 3. The van der Waals surface area contributed by atoms with Crippen LogP contribution >= 0.6 is 22.9 Å². The first kappa shape index (κ1) is 14.5. The van der Waals surface area contributed by atoms with Gasteiger partial charge in [-0.3, -0.25) is 4.79 Å². The number of carbonyl (C=O) groups excluding carboxylic acids is 1. The van der Waals surface area contributed by atoms with Gasteiger partial charge in [0.2, 0.25) is 0 Å². The molecule has 0 aliphatic carbocycles. The zero-order valence-corrected chi connectivity index (χ0v) is 11.5. The van der Waals surface area contributed by atoms with Crippen LogP contribution in [0, 0.1) is 5.82 Å². The highest BCUT2D eigenvalue weighted by Crippen LogP contribution is 2.21. The molecule has 0 saturated carbocycles. The molecule has 1 atom stereocenters. The van der Waals surface area contributed by atoms with Crippen molar-refractivity contribution >= 4 is 34.8 Å². The largest absolute Gasteiger partial charge is 0.479 e. The molecule has 104 valence electrons. The monoisotopic (exact) mass is 313 g/mol. The summed E-state index contributed by atoms with van der Waals surface area (Å²) in [7, 11) is 0. The van der Waals surface area contributed by atoms with Crippen LogP contribution in [0.3, 0.4) is 0 Å². The lowest BCUT2D eigenvalue weighted by atomic mass is 10.1. The fourth-order valence-corrected chi connectivity index (χ4v) is 2.53. The summed E-state index contributed by atoms with van der Waals surface area (Å²) in [5.74, 6) is -2.81. The average Bonchev–Trinajstić information content (AvgIpc) is 2.91. The molecule has 1 unspecified atom stereocenters. The Balaban J connectivity index is 2.25. The molecule has 1 amide bonds. The smallest absolute Gasteiger partial charge is 0.331 e. The number of thiophene rings is 1. The Labute approximate surface area is 122 Å². The van der Waals surface area contributed by atoms with Crippen molar-refractivity contribution in [2.24, 2.45) is 0 Å². The first-order valence-electron chi connectivity index (χ1n) is 5.51. The van der Waals surface area contributed by atoms with Crippen molar-refractivity contribution in [3.05, 3.63) is 57.0 Å². The minimum absolute atomic E-state index is 0.194. The maximum Gasteiger partial charge on any atom is 0.331 e. The Morgan fingerprint density at radius 2 is 2.10 bits per heavy atom. The Morgan fingerprint density at radius 3 is 2.70 bits per heavy atom. The van der Waals surface area contributed by atoms with Gasteiger partial charge < -0.3 is 10.4 Å². The molecule has 4 nitrogen and oxygen atoms in total. The van der Waals surface area contributed by atoms with Gasteiger partial charge >= 0.3 is 5.97 Å². The number of halogens is 2. The van der Waals surface area contributed by atoms with Crippen molar-refractivity contribution < 1.29 is 19.1 Å². The van der Waals surface area contributed by atoms with Gasteiger partial charge in [0.1, 0.15) is 5.82 Å². The molecule has 0 radical (unpaired) electrons. The predicted molar refractivity (Wildman–Crippen MR) is 73.6 cm³/mol. The van der Waals surface area contributed by atoms with Crippen LogP contribution < -0.4 is 5.32 Å². The van der Waals surface area contributed by atoms with E-state index in [-0.39, 0.29) is 10.6 Å². The molecule has 0 aliphatic rings. The van der Waals surface area contributed by atoms with Gasteiger partial charge in [-0.05, 0) is 29.6 Å². The zero-order chi connectivity index (χ0) is 14.7. The van der Waals surface area contributed by atoms with E-state index in [1.54, 1.807) is 17.5 Å². The number of benzene rings is 1. The lowest BCUT2D eigenvalue weighted by Gasteiger charge is -2.13. The highest BCUT2D eigenvalue weighted by atomic mass is 35.5. The van der Waals surface area contributed by atoms with Crippen molar-refractivity contribution in [3.63, 3.8) is 0 Å². The van der Waals surface area contributed by atoms with E-state index in [4.69, 9.17) is 16.7 Å². The molecule has 0 fully saturated rings. The number of aliphatic carboxylic acids is 1. The summed E-state index contributed by atoms with van der Waals surface area (Å²) in [5.41, 5.74) is -0.291. The topological polar surface area (TPSA) is 66.4 Å². The minimum atomic E-state index is -1.22. The molecule has 2 rings (SSSR count). The normalized spacial score (nSPS) is 11.9. The summed E-state index contributed by atoms with van der Waals surface area (Å²) in [6.45, 7) is 0. The van der Waals surface area contributed by atoms with E-state index < -0.39 is 23.7 Å². The Bertz CT molecular complexity index is 645. The van der Waals surface area contributed by atoms with E-state index in [1.807, 2.05) is 0 Å². The number of amides is 1. The fourth-order valence-electron chi connectivity index (χ4n) is 1.59. The Hall–Kier alpha value is -1.92. The van der Waals surface area contributed by atoms with Gasteiger partial charge in [0.15, 0.2) is 6.04 Å². The van der Waals surface area contributed by atoms with Crippen LogP contribution in [0.25, 0.3) is 0 Å². The average molecular weight is 314 g/mol. The highest BCUT2D eigenvalue weighted by Gasteiger charge is 2.24. The van der Waals surface area contributed by atoms with Crippen molar-refractivity contribution in [2.45, 2.75) is 6.04 Å². The van der Waals surface area contributed by atoms with Crippen LogP contribution in [0.4, 0.5) is 4.39 Å². The number of carboxylic acid groups (broad SMARTS) is 1. The van der Waals surface area contributed by atoms with Gasteiger partial charge in [0.05, 0.1) is 5.56 Å². The zero-order valence-electron chi connectivity index (χ0n) is 9.97.